The Hall–Kier alpha value is -6.38. The van der Waals surface area contributed by atoms with Crippen molar-refractivity contribution in [3.63, 3.8) is 0 Å². The Kier molecular flexibility index (Phi) is 5.76. The van der Waals surface area contributed by atoms with E-state index in [4.69, 9.17) is 4.42 Å². The van der Waals surface area contributed by atoms with Gasteiger partial charge in [0.2, 0.25) is 0 Å². The molecular formula is C49H33NO. The number of furan rings is 1. The van der Waals surface area contributed by atoms with Gasteiger partial charge in [0.1, 0.15) is 11.2 Å². The first kappa shape index (κ1) is 28.5. The molecule has 0 amide bonds. The topological polar surface area (TPSA) is 16.4 Å². The Morgan fingerprint density at radius 3 is 1.69 bits per heavy atom. The minimum Gasteiger partial charge on any atom is -0.455 e. The highest BCUT2D eigenvalue weighted by Crippen LogP contribution is 2.51. The fraction of sp³-hybridized carbons (Fsp3) is 0.0612. The molecule has 0 radical (unpaired) electrons. The normalized spacial score (nSPS) is 13.5. The van der Waals surface area contributed by atoms with Gasteiger partial charge in [0.05, 0.1) is 0 Å². The fourth-order valence-electron chi connectivity index (χ4n) is 8.95. The largest absolute Gasteiger partial charge is 0.455 e. The Labute approximate surface area is 295 Å². The minimum atomic E-state index is -0.115. The third-order valence-corrected chi connectivity index (χ3v) is 11.4. The molecule has 9 aromatic carbocycles. The first-order chi connectivity index (χ1) is 25.0. The molecule has 2 heteroatoms. The Morgan fingerprint density at radius 1 is 0.392 bits per heavy atom. The molecule has 0 saturated heterocycles. The Bertz CT molecular complexity index is 3040. The lowest BCUT2D eigenvalue weighted by Gasteiger charge is -2.28. The average molecular weight is 652 g/mol. The zero-order valence-corrected chi connectivity index (χ0v) is 28.4. The summed E-state index contributed by atoms with van der Waals surface area (Å²) in [5.41, 5.74) is 10.4. The van der Waals surface area contributed by atoms with Crippen LogP contribution in [0, 0.1) is 0 Å². The van der Waals surface area contributed by atoms with Gasteiger partial charge in [-0.3, -0.25) is 0 Å². The highest BCUT2D eigenvalue weighted by Gasteiger charge is 2.35. The Balaban J connectivity index is 1.18. The lowest BCUT2D eigenvalue weighted by atomic mass is 9.82. The summed E-state index contributed by atoms with van der Waals surface area (Å²) >= 11 is 0. The predicted molar refractivity (Wildman–Crippen MR) is 216 cm³/mol. The molecular weight excluding hydrogens is 619 g/mol. The molecule has 0 atom stereocenters. The van der Waals surface area contributed by atoms with E-state index in [2.05, 4.69) is 183 Å². The number of fused-ring (bicyclic) bond motifs is 14. The number of anilines is 3. The van der Waals surface area contributed by atoms with E-state index in [-0.39, 0.29) is 5.41 Å². The zero-order valence-electron chi connectivity index (χ0n) is 28.4. The van der Waals surface area contributed by atoms with Crippen molar-refractivity contribution in [3.8, 4) is 11.1 Å². The van der Waals surface area contributed by atoms with Crippen molar-refractivity contribution >= 4 is 82.1 Å². The molecule has 240 valence electrons. The van der Waals surface area contributed by atoms with Crippen molar-refractivity contribution < 1.29 is 4.42 Å². The monoisotopic (exact) mass is 651 g/mol. The van der Waals surface area contributed by atoms with Crippen LogP contribution < -0.4 is 4.90 Å². The standard InChI is InChI=1S/C49H33NO/c1-49(2)45-18-10-9-17-40(45)41-25-21-32(28-46(41)49)50(33-22-26-42-43-23-19-30-11-3-4-12-34(30)48(43)51-47(42)29-33)31-20-24-39-37-15-6-5-13-35(37)36-14-7-8-16-38(36)44(39)27-31/h3-29H,1-2H3. The van der Waals surface area contributed by atoms with Crippen LogP contribution in [-0.2, 0) is 5.41 Å². The summed E-state index contributed by atoms with van der Waals surface area (Å²) in [6.45, 7) is 4.70. The van der Waals surface area contributed by atoms with Crippen LogP contribution >= 0.6 is 0 Å². The smallest absolute Gasteiger partial charge is 0.143 e. The van der Waals surface area contributed by atoms with Gasteiger partial charge in [0, 0.05) is 44.7 Å². The van der Waals surface area contributed by atoms with Crippen LogP contribution in [0.5, 0.6) is 0 Å². The molecule has 1 aromatic heterocycles. The first-order valence-electron chi connectivity index (χ1n) is 17.8. The highest BCUT2D eigenvalue weighted by molar-refractivity contribution is 6.26. The quantitative estimate of drug-likeness (QED) is 0.177. The summed E-state index contributed by atoms with van der Waals surface area (Å²) in [6, 6.07) is 60.0. The second-order valence-corrected chi connectivity index (χ2v) is 14.5. The first-order valence-corrected chi connectivity index (χ1v) is 17.8. The van der Waals surface area contributed by atoms with Crippen molar-refractivity contribution in [1.82, 2.24) is 0 Å². The summed E-state index contributed by atoms with van der Waals surface area (Å²) in [7, 11) is 0. The van der Waals surface area contributed by atoms with Gasteiger partial charge < -0.3 is 9.32 Å². The van der Waals surface area contributed by atoms with E-state index in [9.17, 15) is 0 Å². The second kappa shape index (κ2) is 10.3. The van der Waals surface area contributed by atoms with E-state index in [1.807, 2.05) is 0 Å². The second-order valence-electron chi connectivity index (χ2n) is 14.5. The van der Waals surface area contributed by atoms with Gasteiger partial charge in [-0.1, -0.05) is 129 Å². The fourth-order valence-corrected chi connectivity index (χ4v) is 8.95. The van der Waals surface area contributed by atoms with Crippen LogP contribution in [0.1, 0.15) is 25.0 Å². The lowest BCUT2D eigenvalue weighted by Crippen LogP contribution is -2.16. The van der Waals surface area contributed by atoms with Crippen LogP contribution in [0.2, 0.25) is 0 Å². The van der Waals surface area contributed by atoms with Crippen molar-refractivity contribution in [1.29, 1.82) is 0 Å². The van der Waals surface area contributed by atoms with E-state index in [1.165, 1.54) is 60.0 Å². The van der Waals surface area contributed by atoms with Crippen LogP contribution in [0.3, 0.4) is 0 Å². The molecule has 10 aromatic rings. The Morgan fingerprint density at radius 2 is 0.922 bits per heavy atom. The van der Waals surface area contributed by atoms with Gasteiger partial charge in [-0.2, -0.15) is 0 Å². The number of hydrogen-bond acceptors (Lipinski definition) is 2. The molecule has 51 heavy (non-hydrogen) atoms. The molecule has 0 bridgehead atoms. The molecule has 0 fully saturated rings. The summed E-state index contributed by atoms with van der Waals surface area (Å²) < 4.78 is 6.73. The van der Waals surface area contributed by atoms with Crippen molar-refractivity contribution in [3.05, 3.63) is 175 Å². The maximum Gasteiger partial charge on any atom is 0.143 e. The van der Waals surface area contributed by atoms with E-state index in [0.29, 0.717) is 0 Å². The van der Waals surface area contributed by atoms with Gasteiger partial charge in [-0.05, 0) is 102 Å². The summed E-state index contributed by atoms with van der Waals surface area (Å²) in [5, 5.41) is 12.2. The summed E-state index contributed by atoms with van der Waals surface area (Å²) in [5.74, 6) is 0. The van der Waals surface area contributed by atoms with E-state index >= 15 is 0 Å². The van der Waals surface area contributed by atoms with E-state index in [0.717, 1.165) is 44.4 Å². The van der Waals surface area contributed by atoms with Crippen LogP contribution in [0.4, 0.5) is 17.1 Å². The molecule has 1 heterocycles. The number of nitrogens with zero attached hydrogens (tertiary/aromatic N) is 1. The van der Waals surface area contributed by atoms with Gasteiger partial charge >= 0.3 is 0 Å². The van der Waals surface area contributed by atoms with Crippen molar-refractivity contribution in [2.24, 2.45) is 0 Å². The predicted octanol–water partition coefficient (Wildman–Crippen LogP) is 14.0. The van der Waals surface area contributed by atoms with Gasteiger partial charge in [0.25, 0.3) is 0 Å². The van der Waals surface area contributed by atoms with Gasteiger partial charge in [-0.15, -0.1) is 0 Å². The maximum absolute atomic E-state index is 6.73. The molecule has 2 nitrogen and oxygen atoms in total. The van der Waals surface area contributed by atoms with E-state index in [1.54, 1.807) is 0 Å². The molecule has 0 spiro atoms. The van der Waals surface area contributed by atoms with Crippen LogP contribution in [-0.4, -0.2) is 0 Å². The minimum absolute atomic E-state index is 0.115. The lowest BCUT2D eigenvalue weighted by molar-refractivity contribution is 0.660. The zero-order chi connectivity index (χ0) is 33.8. The van der Waals surface area contributed by atoms with E-state index < -0.39 is 0 Å². The molecule has 0 unspecified atom stereocenters. The summed E-state index contributed by atoms with van der Waals surface area (Å²) in [6.07, 6.45) is 0. The maximum atomic E-state index is 6.73. The van der Waals surface area contributed by atoms with Crippen molar-refractivity contribution in [2.45, 2.75) is 19.3 Å². The van der Waals surface area contributed by atoms with Crippen LogP contribution in [0.15, 0.2) is 168 Å². The average Bonchev–Trinajstić information content (AvgIpc) is 3.67. The highest BCUT2D eigenvalue weighted by atomic mass is 16.3. The molecule has 1 aliphatic rings. The third kappa shape index (κ3) is 3.99. The van der Waals surface area contributed by atoms with Gasteiger partial charge in [-0.25, -0.2) is 0 Å². The van der Waals surface area contributed by atoms with Gasteiger partial charge in [0.15, 0.2) is 0 Å². The third-order valence-electron chi connectivity index (χ3n) is 11.4. The number of rotatable bonds is 3. The number of benzene rings is 9. The molecule has 1 aliphatic carbocycles. The molecule has 0 aliphatic heterocycles. The molecule has 0 N–H and O–H groups in total. The SMILES string of the molecule is CC1(C)c2ccccc2-c2ccc(N(c3ccc4c(c3)oc3c5ccccc5ccc43)c3ccc4c5ccccc5c5ccccc5c4c3)cc21. The number of hydrogen-bond donors (Lipinski definition) is 0. The van der Waals surface area contributed by atoms with Crippen molar-refractivity contribution in [2.75, 3.05) is 4.90 Å². The molecule has 0 saturated carbocycles. The molecule has 11 rings (SSSR count). The summed E-state index contributed by atoms with van der Waals surface area (Å²) in [4.78, 5) is 2.41. The van der Waals surface area contributed by atoms with Crippen LogP contribution in [0.25, 0.3) is 76.2 Å².